The van der Waals surface area contributed by atoms with Crippen molar-refractivity contribution in [1.82, 2.24) is 5.32 Å². The fraction of sp³-hybridized carbons (Fsp3) is 0.182. The first-order chi connectivity index (χ1) is 22.0. The number of hydrogen-bond acceptors (Lipinski definition) is 7. The van der Waals surface area contributed by atoms with Gasteiger partial charge in [0.15, 0.2) is 17.8 Å². The second-order valence-electron chi connectivity index (χ2n) is 10.5. The lowest BCUT2D eigenvalue weighted by Crippen LogP contribution is -2.32. The van der Waals surface area contributed by atoms with Crippen LogP contribution in [-0.4, -0.2) is 48.0 Å². The standard InChI is InChI=1S/C33H28F3N3O6S/c1-37-32(40)29-22-16-21(19-9-12-27(43-2)23(15-19)33-38-25-6-4-5-24(36)31(25)45-33)26(39(14-13-34)46(3,41)42)17-28(22)44-30(29)18-7-10-20(35)11-8-18/h4-12,15-17,33,38H,13-14H2,1-3H3,(H,37,40). The second kappa shape index (κ2) is 12.0. The number of para-hydroxylation sites is 1. The molecular formula is C33H28F3N3O6S. The fourth-order valence-corrected chi connectivity index (χ4v) is 6.45. The Balaban J connectivity index is 1.60. The molecular weight excluding hydrogens is 623 g/mol. The van der Waals surface area contributed by atoms with Gasteiger partial charge in [-0.3, -0.25) is 9.10 Å². The van der Waals surface area contributed by atoms with Gasteiger partial charge in [-0.2, -0.15) is 0 Å². The Hall–Kier alpha value is -5.17. The number of fused-ring (bicyclic) bond motifs is 2. The van der Waals surface area contributed by atoms with Crippen LogP contribution >= 0.6 is 0 Å². The fourth-order valence-electron chi connectivity index (χ4n) is 5.55. The molecule has 0 fully saturated rings. The number of methoxy groups -OCH3 is 1. The molecule has 9 nitrogen and oxygen atoms in total. The van der Waals surface area contributed by atoms with Gasteiger partial charge in [0.05, 0.1) is 42.4 Å². The first-order valence-corrected chi connectivity index (χ1v) is 15.9. The number of furan rings is 1. The van der Waals surface area contributed by atoms with Crippen molar-refractivity contribution >= 4 is 38.3 Å². The van der Waals surface area contributed by atoms with Crippen LogP contribution in [0.4, 0.5) is 24.5 Å². The monoisotopic (exact) mass is 651 g/mol. The summed E-state index contributed by atoms with van der Waals surface area (Å²) in [6, 6.07) is 17.9. The van der Waals surface area contributed by atoms with E-state index in [9.17, 15) is 26.4 Å². The first-order valence-electron chi connectivity index (χ1n) is 14.1. The largest absolute Gasteiger partial charge is 0.496 e. The van der Waals surface area contributed by atoms with Crippen molar-refractivity contribution < 1.29 is 40.3 Å². The van der Waals surface area contributed by atoms with Gasteiger partial charge >= 0.3 is 0 Å². The number of nitrogens with one attached hydrogen (secondary N) is 2. The highest BCUT2D eigenvalue weighted by Gasteiger charge is 2.31. The van der Waals surface area contributed by atoms with E-state index in [2.05, 4.69) is 10.6 Å². The minimum atomic E-state index is -4.01. The van der Waals surface area contributed by atoms with E-state index in [1.54, 1.807) is 36.4 Å². The van der Waals surface area contributed by atoms with Crippen molar-refractivity contribution in [2.45, 2.75) is 6.23 Å². The van der Waals surface area contributed by atoms with Crippen LogP contribution in [0.5, 0.6) is 11.5 Å². The lowest BCUT2D eigenvalue weighted by Gasteiger charge is -2.25. The second-order valence-corrected chi connectivity index (χ2v) is 12.4. The number of amides is 1. The normalized spacial score (nSPS) is 14.0. The highest BCUT2D eigenvalue weighted by molar-refractivity contribution is 7.92. The zero-order chi connectivity index (χ0) is 32.7. The van der Waals surface area contributed by atoms with Gasteiger partial charge in [0.2, 0.25) is 10.0 Å². The summed E-state index contributed by atoms with van der Waals surface area (Å²) < 4.78 is 86.6. The molecule has 1 amide bonds. The molecule has 6 rings (SSSR count). The van der Waals surface area contributed by atoms with Crippen LogP contribution in [0.3, 0.4) is 0 Å². The molecule has 5 aromatic rings. The molecule has 2 heterocycles. The summed E-state index contributed by atoms with van der Waals surface area (Å²) in [6.45, 7) is -1.47. The zero-order valence-electron chi connectivity index (χ0n) is 24.9. The van der Waals surface area contributed by atoms with Crippen LogP contribution in [-0.2, 0) is 10.0 Å². The molecule has 1 aliphatic rings. The summed E-state index contributed by atoms with van der Waals surface area (Å²) >= 11 is 0. The zero-order valence-corrected chi connectivity index (χ0v) is 25.7. The molecule has 1 atom stereocenters. The molecule has 0 spiro atoms. The van der Waals surface area contributed by atoms with Crippen LogP contribution in [0.25, 0.3) is 33.4 Å². The third-order valence-corrected chi connectivity index (χ3v) is 8.82. The third-order valence-electron chi connectivity index (χ3n) is 7.64. The highest BCUT2D eigenvalue weighted by Crippen LogP contribution is 2.45. The van der Waals surface area contributed by atoms with Crippen LogP contribution in [0.2, 0.25) is 0 Å². The van der Waals surface area contributed by atoms with Crippen LogP contribution in [0.1, 0.15) is 22.1 Å². The predicted molar refractivity (Wildman–Crippen MR) is 169 cm³/mol. The Morgan fingerprint density at radius 2 is 1.78 bits per heavy atom. The minimum Gasteiger partial charge on any atom is -0.496 e. The maximum absolute atomic E-state index is 14.5. The maximum Gasteiger partial charge on any atom is 0.255 e. The predicted octanol–water partition coefficient (Wildman–Crippen LogP) is 6.65. The van der Waals surface area contributed by atoms with E-state index in [0.717, 1.165) is 10.6 Å². The molecule has 13 heteroatoms. The van der Waals surface area contributed by atoms with Crippen molar-refractivity contribution in [3.05, 3.63) is 95.6 Å². The smallest absolute Gasteiger partial charge is 0.255 e. The van der Waals surface area contributed by atoms with E-state index in [-0.39, 0.29) is 28.3 Å². The van der Waals surface area contributed by atoms with E-state index in [0.29, 0.717) is 39.1 Å². The number of benzene rings is 4. The van der Waals surface area contributed by atoms with E-state index >= 15 is 0 Å². The summed E-state index contributed by atoms with van der Waals surface area (Å²) in [4.78, 5) is 13.3. The molecule has 1 unspecified atom stereocenters. The molecule has 2 N–H and O–H groups in total. The molecule has 1 aliphatic heterocycles. The molecule has 0 radical (unpaired) electrons. The number of ether oxygens (including phenoxy) is 2. The molecule has 0 saturated heterocycles. The number of rotatable bonds is 9. The molecule has 0 saturated carbocycles. The number of carbonyl (C=O) groups excluding carboxylic acids is 1. The van der Waals surface area contributed by atoms with Gasteiger partial charge in [-0.25, -0.2) is 21.6 Å². The number of hydrogen-bond donors (Lipinski definition) is 2. The van der Waals surface area contributed by atoms with Crippen molar-refractivity contribution in [1.29, 1.82) is 0 Å². The van der Waals surface area contributed by atoms with Crippen LogP contribution in [0.15, 0.2) is 77.2 Å². The summed E-state index contributed by atoms with van der Waals surface area (Å²) in [5.74, 6) is -0.970. The van der Waals surface area contributed by atoms with Crippen molar-refractivity contribution in [3.63, 3.8) is 0 Å². The van der Waals surface area contributed by atoms with E-state index < -0.39 is 47.0 Å². The van der Waals surface area contributed by atoms with Crippen molar-refractivity contribution in [3.8, 4) is 33.9 Å². The van der Waals surface area contributed by atoms with Gasteiger partial charge in [-0.05, 0) is 60.2 Å². The Morgan fingerprint density at radius 1 is 1.04 bits per heavy atom. The number of alkyl halides is 1. The summed E-state index contributed by atoms with van der Waals surface area (Å²) in [7, 11) is -1.10. The highest BCUT2D eigenvalue weighted by atomic mass is 32.2. The molecule has 46 heavy (non-hydrogen) atoms. The van der Waals surface area contributed by atoms with Crippen LogP contribution < -0.4 is 24.4 Å². The van der Waals surface area contributed by atoms with E-state index in [4.69, 9.17) is 13.9 Å². The lowest BCUT2D eigenvalue weighted by molar-refractivity contribution is 0.0964. The van der Waals surface area contributed by atoms with Crippen LogP contribution in [0, 0.1) is 11.6 Å². The topological polar surface area (TPSA) is 110 Å². The number of carbonyl (C=O) groups is 1. The average molecular weight is 652 g/mol. The number of anilines is 2. The minimum absolute atomic E-state index is 0.0372. The molecule has 0 aliphatic carbocycles. The molecule has 4 aromatic carbocycles. The summed E-state index contributed by atoms with van der Waals surface area (Å²) in [5, 5.41) is 6.04. The number of nitrogens with zero attached hydrogens (tertiary/aromatic N) is 1. The molecule has 238 valence electrons. The van der Waals surface area contributed by atoms with Gasteiger partial charge in [0.25, 0.3) is 5.91 Å². The number of halogens is 3. The lowest BCUT2D eigenvalue weighted by atomic mass is 9.96. The average Bonchev–Trinajstić information content (AvgIpc) is 3.65. The van der Waals surface area contributed by atoms with Gasteiger partial charge < -0.3 is 24.5 Å². The van der Waals surface area contributed by atoms with Gasteiger partial charge in [-0.15, -0.1) is 0 Å². The summed E-state index contributed by atoms with van der Waals surface area (Å²) in [6.07, 6.45) is 0.0893. The molecule has 1 aromatic heterocycles. The first kappa shape index (κ1) is 30.8. The molecule has 0 bridgehead atoms. The third kappa shape index (κ3) is 5.47. The summed E-state index contributed by atoms with van der Waals surface area (Å²) in [5.41, 5.74) is 2.44. The van der Waals surface area contributed by atoms with Gasteiger partial charge in [-0.1, -0.05) is 12.1 Å². The van der Waals surface area contributed by atoms with Crippen molar-refractivity contribution in [2.24, 2.45) is 0 Å². The van der Waals surface area contributed by atoms with Gasteiger partial charge in [0, 0.05) is 29.6 Å². The van der Waals surface area contributed by atoms with Gasteiger partial charge in [0.1, 0.15) is 29.6 Å². The van der Waals surface area contributed by atoms with E-state index in [1.807, 2.05) is 0 Å². The number of sulfonamides is 1. The Morgan fingerprint density at radius 3 is 2.43 bits per heavy atom. The Labute approximate surface area is 262 Å². The van der Waals surface area contributed by atoms with E-state index in [1.165, 1.54) is 50.6 Å². The Kier molecular flexibility index (Phi) is 8.03. The SMILES string of the molecule is CNC(=O)c1c(-c2ccc(F)cc2)oc2cc(N(CCF)S(C)(=O)=O)c(-c3ccc(OC)c(C4Nc5cccc(F)c5O4)c3)cc12. The quantitative estimate of drug-likeness (QED) is 0.184. The maximum atomic E-state index is 14.5. The Bertz CT molecular complexity index is 2080. The van der Waals surface area contributed by atoms with Crippen molar-refractivity contribution in [2.75, 3.05) is 43.3 Å².